The summed E-state index contributed by atoms with van der Waals surface area (Å²) in [5.74, 6) is 0.676. The minimum Gasteiger partial charge on any atom is -0.481 e. The van der Waals surface area contributed by atoms with Crippen molar-refractivity contribution in [3.05, 3.63) is 90.1 Å². The number of rotatable bonds is 4. The topological polar surface area (TPSA) is 55.3 Å². The fraction of sp³-hybridized carbons (Fsp3) is 0.192. The van der Waals surface area contributed by atoms with E-state index in [1.807, 2.05) is 66.4 Å². The van der Waals surface area contributed by atoms with Crippen molar-refractivity contribution in [2.75, 3.05) is 6.54 Å². The summed E-state index contributed by atoms with van der Waals surface area (Å²) in [5.41, 5.74) is 6.04. The van der Waals surface area contributed by atoms with Gasteiger partial charge in [-0.05, 0) is 60.9 Å². The molecule has 31 heavy (non-hydrogen) atoms. The van der Waals surface area contributed by atoms with E-state index in [1.165, 1.54) is 11.1 Å². The largest absolute Gasteiger partial charge is 0.481 e. The molecule has 0 N–H and O–H groups in total. The van der Waals surface area contributed by atoms with E-state index in [0.29, 0.717) is 12.3 Å². The maximum Gasteiger partial charge on any atom is 0.263 e. The van der Waals surface area contributed by atoms with Crippen LogP contribution in [-0.2, 0) is 17.8 Å². The van der Waals surface area contributed by atoms with Gasteiger partial charge < -0.3 is 9.64 Å². The normalized spacial score (nSPS) is 14.2. The molecule has 0 unspecified atom stereocenters. The van der Waals surface area contributed by atoms with E-state index in [9.17, 15) is 4.79 Å². The van der Waals surface area contributed by atoms with Gasteiger partial charge in [0.15, 0.2) is 6.10 Å². The SMILES string of the molecule is C[C@H](Oc1ccc(-c2cnc3ccccc3n2)cc1)C(=O)N1CCc2ccccc2C1. The van der Waals surface area contributed by atoms with E-state index in [2.05, 4.69) is 28.2 Å². The quantitative estimate of drug-likeness (QED) is 0.492. The van der Waals surface area contributed by atoms with Gasteiger partial charge in [-0.15, -0.1) is 0 Å². The third-order valence-corrected chi connectivity index (χ3v) is 5.70. The summed E-state index contributed by atoms with van der Waals surface area (Å²) < 4.78 is 5.95. The Morgan fingerprint density at radius 1 is 0.935 bits per heavy atom. The summed E-state index contributed by atoms with van der Waals surface area (Å²) >= 11 is 0. The summed E-state index contributed by atoms with van der Waals surface area (Å²) in [7, 11) is 0. The number of ether oxygens (including phenoxy) is 1. The first kappa shape index (κ1) is 19.2. The van der Waals surface area contributed by atoms with Gasteiger partial charge in [0, 0.05) is 18.7 Å². The van der Waals surface area contributed by atoms with E-state index in [1.54, 1.807) is 6.20 Å². The molecular formula is C26H23N3O2. The second kappa shape index (κ2) is 8.19. The minimum atomic E-state index is -0.545. The average molecular weight is 409 g/mol. The zero-order chi connectivity index (χ0) is 21.2. The van der Waals surface area contributed by atoms with Crippen molar-refractivity contribution in [2.24, 2.45) is 0 Å². The van der Waals surface area contributed by atoms with Crippen molar-refractivity contribution in [1.82, 2.24) is 14.9 Å². The van der Waals surface area contributed by atoms with E-state index in [4.69, 9.17) is 4.74 Å². The Morgan fingerprint density at radius 3 is 2.45 bits per heavy atom. The van der Waals surface area contributed by atoms with Gasteiger partial charge in [-0.3, -0.25) is 9.78 Å². The number of nitrogens with zero attached hydrogens (tertiary/aromatic N) is 3. The van der Waals surface area contributed by atoms with Gasteiger partial charge in [0.2, 0.25) is 0 Å². The molecule has 5 nitrogen and oxygen atoms in total. The number of fused-ring (bicyclic) bond motifs is 2. The predicted octanol–water partition coefficient (Wildman–Crippen LogP) is 4.65. The van der Waals surface area contributed by atoms with Gasteiger partial charge in [0.25, 0.3) is 5.91 Å². The Hall–Kier alpha value is -3.73. The summed E-state index contributed by atoms with van der Waals surface area (Å²) in [5, 5.41) is 0. The summed E-state index contributed by atoms with van der Waals surface area (Å²) in [4.78, 5) is 23.9. The van der Waals surface area contributed by atoms with Gasteiger partial charge in [-0.2, -0.15) is 0 Å². The molecule has 4 aromatic rings. The van der Waals surface area contributed by atoms with Crippen molar-refractivity contribution in [2.45, 2.75) is 26.0 Å². The Bertz CT molecular complexity index is 1240. The summed E-state index contributed by atoms with van der Waals surface area (Å²) in [6, 6.07) is 23.8. The van der Waals surface area contributed by atoms with Crippen LogP contribution in [0.5, 0.6) is 5.75 Å². The molecule has 3 aromatic carbocycles. The van der Waals surface area contributed by atoms with Crippen LogP contribution in [0.1, 0.15) is 18.1 Å². The average Bonchev–Trinajstić information content (AvgIpc) is 2.83. The third-order valence-electron chi connectivity index (χ3n) is 5.70. The number of para-hydroxylation sites is 2. The van der Waals surface area contributed by atoms with Crippen LogP contribution in [0.3, 0.4) is 0 Å². The highest BCUT2D eigenvalue weighted by Crippen LogP contribution is 2.24. The molecule has 0 aliphatic carbocycles. The standard InChI is InChI=1S/C26H23N3O2/c1-18(26(30)29-15-14-19-6-2-3-7-21(19)17-29)31-22-12-10-20(11-13-22)25-16-27-23-8-4-5-9-24(23)28-25/h2-13,16,18H,14-15,17H2,1H3/t18-/m0/s1. The van der Waals surface area contributed by atoms with Crippen LogP contribution >= 0.6 is 0 Å². The first-order chi connectivity index (χ1) is 15.2. The molecule has 1 amide bonds. The van der Waals surface area contributed by atoms with E-state index < -0.39 is 6.10 Å². The molecule has 5 rings (SSSR count). The molecule has 154 valence electrons. The molecule has 2 heterocycles. The van der Waals surface area contributed by atoms with Crippen LogP contribution < -0.4 is 4.74 Å². The molecule has 0 fully saturated rings. The van der Waals surface area contributed by atoms with Crippen molar-refractivity contribution >= 4 is 16.9 Å². The molecule has 0 radical (unpaired) electrons. The van der Waals surface area contributed by atoms with Crippen molar-refractivity contribution in [1.29, 1.82) is 0 Å². The number of benzene rings is 3. The Balaban J connectivity index is 1.26. The lowest BCUT2D eigenvalue weighted by molar-refractivity contribution is -0.138. The van der Waals surface area contributed by atoms with E-state index in [0.717, 1.165) is 35.3 Å². The lowest BCUT2D eigenvalue weighted by atomic mass is 9.99. The third kappa shape index (κ3) is 3.99. The van der Waals surface area contributed by atoms with Gasteiger partial charge in [0.1, 0.15) is 5.75 Å². The lowest BCUT2D eigenvalue weighted by Crippen LogP contribution is -2.43. The van der Waals surface area contributed by atoms with Crippen LogP contribution in [-0.4, -0.2) is 33.4 Å². The van der Waals surface area contributed by atoms with Crippen LogP contribution in [0.4, 0.5) is 0 Å². The summed E-state index contributed by atoms with van der Waals surface area (Å²) in [6.07, 6.45) is 2.12. The number of hydrogen-bond donors (Lipinski definition) is 0. The Kier molecular flexibility index (Phi) is 5.08. The predicted molar refractivity (Wildman–Crippen MR) is 121 cm³/mol. The molecular weight excluding hydrogens is 386 g/mol. The van der Waals surface area contributed by atoms with Crippen LogP contribution in [0.2, 0.25) is 0 Å². The fourth-order valence-electron chi connectivity index (χ4n) is 4.00. The van der Waals surface area contributed by atoms with Crippen molar-refractivity contribution < 1.29 is 9.53 Å². The molecule has 0 saturated heterocycles. The summed E-state index contributed by atoms with van der Waals surface area (Å²) in [6.45, 7) is 3.18. The highest BCUT2D eigenvalue weighted by atomic mass is 16.5. The molecule has 5 heteroatoms. The number of carbonyl (C=O) groups excluding carboxylic acids is 1. The van der Waals surface area contributed by atoms with Gasteiger partial charge in [-0.1, -0.05) is 36.4 Å². The number of hydrogen-bond acceptors (Lipinski definition) is 4. The maximum atomic E-state index is 12.9. The second-order valence-electron chi connectivity index (χ2n) is 7.81. The van der Waals surface area contributed by atoms with Crippen molar-refractivity contribution in [3.63, 3.8) is 0 Å². The number of amides is 1. The Morgan fingerprint density at radius 2 is 1.65 bits per heavy atom. The smallest absolute Gasteiger partial charge is 0.263 e. The number of aromatic nitrogens is 2. The highest BCUT2D eigenvalue weighted by molar-refractivity contribution is 5.81. The second-order valence-corrected chi connectivity index (χ2v) is 7.81. The van der Waals surface area contributed by atoms with E-state index in [-0.39, 0.29) is 5.91 Å². The molecule has 0 spiro atoms. The molecule has 1 aliphatic heterocycles. The Labute approximate surface area is 181 Å². The van der Waals surface area contributed by atoms with Gasteiger partial charge in [0.05, 0.1) is 22.9 Å². The molecule has 1 atom stereocenters. The first-order valence-electron chi connectivity index (χ1n) is 10.5. The first-order valence-corrected chi connectivity index (χ1v) is 10.5. The monoisotopic (exact) mass is 409 g/mol. The minimum absolute atomic E-state index is 0.0129. The zero-order valence-corrected chi connectivity index (χ0v) is 17.4. The molecule has 0 bridgehead atoms. The molecule has 1 aliphatic rings. The maximum absolute atomic E-state index is 12.9. The van der Waals surface area contributed by atoms with Crippen LogP contribution in [0, 0.1) is 0 Å². The lowest BCUT2D eigenvalue weighted by Gasteiger charge is -2.31. The van der Waals surface area contributed by atoms with Crippen LogP contribution in [0.25, 0.3) is 22.3 Å². The zero-order valence-electron chi connectivity index (χ0n) is 17.4. The van der Waals surface area contributed by atoms with Crippen molar-refractivity contribution in [3.8, 4) is 17.0 Å². The highest BCUT2D eigenvalue weighted by Gasteiger charge is 2.25. The van der Waals surface area contributed by atoms with Crippen LogP contribution in [0.15, 0.2) is 79.0 Å². The van der Waals surface area contributed by atoms with E-state index >= 15 is 0 Å². The number of carbonyl (C=O) groups is 1. The van der Waals surface area contributed by atoms with Gasteiger partial charge >= 0.3 is 0 Å². The molecule has 1 aromatic heterocycles. The fourth-order valence-corrected chi connectivity index (χ4v) is 4.00. The molecule has 0 saturated carbocycles. The van der Waals surface area contributed by atoms with Gasteiger partial charge in [-0.25, -0.2) is 4.98 Å².